The number of nitrogens with two attached hydrogens (primary N) is 1. The molecule has 0 saturated heterocycles. The molecule has 0 aliphatic rings. The van der Waals surface area contributed by atoms with E-state index in [0.29, 0.717) is 17.0 Å². The van der Waals surface area contributed by atoms with Crippen LogP contribution in [-0.2, 0) is 6.42 Å². The van der Waals surface area contributed by atoms with E-state index in [1.165, 1.54) is 6.07 Å². The maximum Gasteiger partial charge on any atom is 0.142 e. The number of halogens is 4. The number of hydrazine groups is 1. The van der Waals surface area contributed by atoms with Crippen LogP contribution >= 0.6 is 39.1 Å². The summed E-state index contributed by atoms with van der Waals surface area (Å²) in [7, 11) is 0. The van der Waals surface area contributed by atoms with Gasteiger partial charge in [0.15, 0.2) is 0 Å². The summed E-state index contributed by atoms with van der Waals surface area (Å²) in [5.41, 5.74) is 4.20. The molecule has 1 unspecified atom stereocenters. The summed E-state index contributed by atoms with van der Waals surface area (Å²) in [4.78, 5) is 0. The van der Waals surface area contributed by atoms with Crippen molar-refractivity contribution in [2.45, 2.75) is 12.5 Å². The molecule has 2 nitrogen and oxygen atoms in total. The molecule has 0 aliphatic heterocycles. The van der Waals surface area contributed by atoms with Crippen molar-refractivity contribution in [3.8, 4) is 0 Å². The number of hydrogen-bond donors (Lipinski definition) is 2. The summed E-state index contributed by atoms with van der Waals surface area (Å²) in [6.07, 6.45) is 0.439. The van der Waals surface area contributed by atoms with Crippen LogP contribution in [0.15, 0.2) is 40.9 Å². The van der Waals surface area contributed by atoms with Crippen molar-refractivity contribution in [2.75, 3.05) is 0 Å². The maximum absolute atomic E-state index is 13.5. The van der Waals surface area contributed by atoms with Gasteiger partial charge in [0.25, 0.3) is 0 Å². The highest BCUT2D eigenvalue weighted by atomic mass is 79.9. The van der Waals surface area contributed by atoms with E-state index in [1.54, 1.807) is 18.2 Å². The Bertz CT molecular complexity index is 622. The SMILES string of the molecule is NNC(Cc1cccc(F)c1Cl)c1ccc(Br)cc1Cl. The molecule has 6 heteroatoms. The Morgan fingerprint density at radius 2 is 2.00 bits per heavy atom. The molecule has 20 heavy (non-hydrogen) atoms. The Balaban J connectivity index is 2.31. The molecule has 0 spiro atoms. The van der Waals surface area contributed by atoms with E-state index < -0.39 is 5.82 Å². The topological polar surface area (TPSA) is 38.0 Å². The first-order valence-corrected chi connectivity index (χ1v) is 7.41. The number of rotatable bonds is 4. The fourth-order valence-electron chi connectivity index (χ4n) is 1.97. The minimum Gasteiger partial charge on any atom is -0.271 e. The van der Waals surface area contributed by atoms with E-state index in [9.17, 15) is 4.39 Å². The molecule has 0 aromatic heterocycles. The van der Waals surface area contributed by atoms with Crippen LogP contribution in [0.4, 0.5) is 4.39 Å². The minimum absolute atomic E-state index is 0.112. The first kappa shape index (κ1) is 15.7. The molecule has 0 aliphatic carbocycles. The van der Waals surface area contributed by atoms with E-state index in [0.717, 1.165) is 10.0 Å². The molecule has 0 bridgehead atoms. The monoisotopic (exact) mass is 376 g/mol. The fraction of sp³-hybridized carbons (Fsp3) is 0.143. The smallest absolute Gasteiger partial charge is 0.142 e. The Hall–Kier alpha value is -0.650. The van der Waals surface area contributed by atoms with Gasteiger partial charge in [-0.2, -0.15) is 0 Å². The van der Waals surface area contributed by atoms with Gasteiger partial charge in [0, 0.05) is 9.50 Å². The van der Waals surface area contributed by atoms with Crippen LogP contribution < -0.4 is 11.3 Å². The summed E-state index contributed by atoms with van der Waals surface area (Å²) >= 11 is 15.5. The van der Waals surface area contributed by atoms with Gasteiger partial charge in [-0.1, -0.05) is 57.3 Å². The van der Waals surface area contributed by atoms with Gasteiger partial charge in [-0.15, -0.1) is 0 Å². The second-order valence-corrected chi connectivity index (χ2v) is 6.00. The van der Waals surface area contributed by atoms with Gasteiger partial charge in [-0.05, 0) is 35.7 Å². The van der Waals surface area contributed by atoms with Crippen molar-refractivity contribution >= 4 is 39.1 Å². The van der Waals surface area contributed by atoms with Gasteiger partial charge < -0.3 is 0 Å². The fourth-order valence-corrected chi connectivity index (χ4v) is 2.98. The standard InChI is InChI=1S/C14H12BrCl2FN2/c15-9-4-5-10(11(16)7-9)13(20-19)6-8-2-1-3-12(18)14(8)17/h1-5,7,13,20H,6,19H2. The van der Waals surface area contributed by atoms with Gasteiger partial charge in [0.1, 0.15) is 5.82 Å². The third kappa shape index (κ3) is 3.51. The lowest BCUT2D eigenvalue weighted by molar-refractivity contribution is 0.549. The highest BCUT2D eigenvalue weighted by molar-refractivity contribution is 9.10. The van der Waals surface area contributed by atoms with Crippen molar-refractivity contribution in [3.63, 3.8) is 0 Å². The largest absolute Gasteiger partial charge is 0.271 e. The van der Waals surface area contributed by atoms with E-state index in [2.05, 4.69) is 21.4 Å². The third-order valence-corrected chi connectivity index (χ3v) is 4.24. The van der Waals surface area contributed by atoms with Gasteiger partial charge in [-0.25, -0.2) is 4.39 Å². The van der Waals surface area contributed by atoms with Gasteiger partial charge in [0.05, 0.1) is 11.1 Å². The predicted octanol–water partition coefficient (Wildman–Crippen LogP) is 4.64. The predicted molar refractivity (Wildman–Crippen MR) is 84.3 cm³/mol. The van der Waals surface area contributed by atoms with E-state index >= 15 is 0 Å². The van der Waals surface area contributed by atoms with Crippen LogP contribution in [0.3, 0.4) is 0 Å². The van der Waals surface area contributed by atoms with Crippen LogP contribution in [0.2, 0.25) is 10.0 Å². The van der Waals surface area contributed by atoms with Gasteiger partial charge >= 0.3 is 0 Å². The van der Waals surface area contributed by atoms with Crippen molar-refractivity contribution in [2.24, 2.45) is 5.84 Å². The summed E-state index contributed by atoms with van der Waals surface area (Å²) < 4.78 is 14.3. The Labute approximate surface area is 135 Å². The van der Waals surface area contributed by atoms with Crippen LogP contribution in [0.1, 0.15) is 17.2 Å². The van der Waals surface area contributed by atoms with E-state index in [4.69, 9.17) is 29.0 Å². The Morgan fingerprint density at radius 3 is 2.65 bits per heavy atom. The van der Waals surface area contributed by atoms with Crippen molar-refractivity contribution in [1.82, 2.24) is 5.43 Å². The number of benzene rings is 2. The van der Waals surface area contributed by atoms with Crippen LogP contribution in [-0.4, -0.2) is 0 Å². The first-order chi connectivity index (χ1) is 9.52. The van der Waals surface area contributed by atoms with Gasteiger partial charge in [0.2, 0.25) is 0 Å². The number of hydrogen-bond acceptors (Lipinski definition) is 2. The minimum atomic E-state index is -0.443. The second kappa shape index (κ2) is 6.87. The van der Waals surface area contributed by atoms with Crippen molar-refractivity contribution < 1.29 is 4.39 Å². The zero-order valence-electron chi connectivity index (χ0n) is 10.3. The molecule has 0 fully saturated rings. The average molecular weight is 378 g/mol. The summed E-state index contributed by atoms with van der Waals surface area (Å²) in [5, 5.41) is 0.691. The van der Waals surface area contributed by atoms with Crippen molar-refractivity contribution in [1.29, 1.82) is 0 Å². The molecule has 3 N–H and O–H groups in total. The van der Waals surface area contributed by atoms with E-state index in [-0.39, 0.29) is 11.1 Å². The molecule has 1 atom stereocenters. The zero-order valence-corrected chi connectivity index (χ0v) is 13.4. The Morgan fingerprint density at radius 1 is 1.25 bits per heavy atom. The van der Waals surface area contributed by atoms with Crippen LogP contribution in [0, 0.1) is 5.82 Å². The van der Waals surface area contributed by atoms with Gasteiger partial charge in [-0.3, -0.25) is 11.3 Å². The molecule has 0 saturated carbocycles. The quantitative estimate of drug-likeness (QED) is 0.601. The Kier molecular flexibility index (Phi) is 5.41. The molecule has 0 heterocycles. The van der Waals surface area contributed by atoms with Crippen LogP contribution in [0.5, 0.6) is 0 Å². The lowest BCUT2D eigenvalue weighted by atomic mass is 9.99. The van der Waals surface area contributed by atoms with Crippen LogP contribution in [0.25, 0.3) is 0 Å². The molecule has 2 aromatic carbocycles. The molecule has 2 rings (SSSR count). The highest BCUT2D eigenvalue weighted by Gasteiger charge is 2.17. The molecule has 0 amide bonds. The summed E-state index contributed by atoms with van der Waals surface area (Å²) in [5.74, 6) is 5.15. The summed E-state index contributed by atoms with van der Waals surface area (Å²) in [6.45, 7) is 0. The highest BCUT2D eigenvalue weighted by Crippen LogP contribution is 2.30. The maximum atomic E-state index is 13.5. The second-order valence-electron chi connectivity index (χ2n) is 4.30. The first-order valence-electron chi connectivity index (χ1n) is 5.87. The number of nitrogens with one attached hydrogen (secondary N) is 1. The van der Waals surface area contributed by atoms with Crippen molar-refractivity contribution in [3.05, 3.63) is 67.9 Å². The zero-order chi connectivity index (χ0) is 14.7. The molecule has 2 aromatic rings. The molecular weight excluding hydrogens is 366 g/mol. The normalized spacial score (nSPS) is 12.4. The summed E-state index contributed by atoms with van der Waals surface area (Å²) in [6, 6.07) is 9.98. The molecule has 0 radical (unpaired) electrons. The average Bonchev–Trinajstić information content (AvgIpc) is 2.41. The molecular formula is C14H12BrCl2FN2. The van der Waals surface area contributed by atoms with E-state index in [1.807, 2.05) is 12.1 Å². The molecule has 106 valence electrons. The lowest BCUT2D eigenvalue weighted by Crippen LogP contribution is -2.30. The third-order valence-electron chi connectivity index (χ3n) is 2.99. The lowest BCUT2D eigenvalue weighted by Gasteiger charge is -2.18.